The van der Waals surface area contributed by atoms with E-state index in [4.69, 9.17) is 9.16 Å². The quantitative estimate of drug-likeness (QED) is 0.645. The molecule has 2 atom stereocenters. The molecule has 0 aromatic heterocycles. The molecule has 2 aromatic carbocycles. The number of carbonyl (C=O) groups is 1. The number of nitrogens with zero attached hydrogens (tertiary/aromatic N) is 1. The molecule has 6 heteroatoms. The second kappa shape index (κ2) is 10.00. The van der Waals surface area contributed by atoms with E-state index in [1.807, 2.05) is 32.9 Å². The monoisotopic (exact) mass is 469 g/mol. The summed E-state index contributed by atoms with van der Waals surface area (Å²) in [4.78, 5) is 14.7. The number of aliphatic hydroxyl groups excluding tert-OH is 1. The van der Waals surface area contributed by atoms with Crippen molar-refractivity contribution in [2.75, 3.05) is 19.8 Å². The molecule has 0 aliphatic carbocycles. The second-order valence-corrected chi connectivity index (χ2v) is 15.3. The van der Waals surface area contributed by atoms with Gasteiger partial charge in [-0.1, -0.05) is 81.4 Å². The van der Waals surface area contributed by atoms with Crippen molar-refractivity contribution in [3.63, 3.8) is 0 Å². The summed E-state index contributed by atoms with van der Waals surface area (Å²) >= 11 is 0. The number of amides is 1. The summed E-state index contributed by atoms with van der Waals surface area (Å²) < 4.78 is 12.7. The van der Waals surface area contributed by atoms with Crippen molar-refractivity contribution in [3.8, 4) is 0 Å². The van der Waals surface area contributed by atoms with Gasteiger partial charge in [0, 0.05) is 19.1 Å². The molecule has 33 heavy (non-hydrogen) atoms. The average Bonchev–Trinajstić information content (AvgIpc) is 3.17. The largest absolute Gasteiger partial charge is 0.444 e. The first-order valence-electron chi connectivity index (χ1n) is 11.8. The summed E-state index contributed by atoms with van der Waals surface area (Å²) in [6.45, 7) is 13.3. The van der Waals surface area contributed by atoms with Crippen molar-refractivity contribution in [2.45, 2.75) is 64.6 Å². The molecule has 3 rings (SSSR count). The Morgan fingerprint density at radius 2 is 1.48 bits per heavy atom. The van der Waals surface area contributed by atoms with Crippen molar-refractivity contribution in [2.24, 2.45) is 5.92 Å². The Balaban J connectivity index is 2.00. The Morgan fingerprint density at radius 1 is 0.970 bits per heavy atom. The minimum Gasteiger partial charge on any atom is -0.444 e. The standard InChI is InChI=1S/C27H39NO4Si/c1-26(2,3)32-25(30)28-18-17-21(19-29)24(28)20-31-33(27(4,5)6,22-13-9-7-10-14-22)23-15-11-8-12-16-23/h7-16,21,24,29H,17-20H2,1-6H3/t21-,24-/m1/s1. The SMILES string of the molecule is CC(C)(C)OC(=O)N1CC[C@H](CO)[C@H]1CO[Si](c1ccccc1)(c1ccccc1)C(C)(C)C. The summed E-state index contributed by atoms with van der Waals surface area (Å²) in [7, 11) is -2.73. The third kappa shape index (κ3) is 5.50. The third-order valence-electron chi connectivity index (χ3n) is 6.44. The summed E-state index contributed by atoms with van der Waals surface area (Å²) in [6, 6.07) is 20.7. The predicted molar refractivity (Wildman–Crippen MR) is 135 cm³/mol. The summed E-state index contributed by atoms with van der Waals surface area (Å²) in [5.74, 6) is -0.0317. The highest BCUT2D eigenvalue weighted by molar-refractivity contribution is 6.99. The fraction of sp³-hybridized carbons (Fsp3) is 0.519. The number of aliphatic hydroxyl groups is 1. The lowest BCUT2D eigenvalue weighted by Crippen LogP contribution is -2.67. The number of rotatable bonds is 6. The van der Waals surface area contributed by atoms with Crippen LogP contribution < -0.4 is 10.4 Å². The van der Waals surface area contributed by atoms with Crippen LogP contribution in [0.5, 0.6) is 0 Å². The molecule has 180 valence electrons. The van der Waals surface area contributed by atoms with Gasteiger partial charge in [0.05, 0.1) is 12.6 Å². The molecule has 0 radical (unpaired) electrons. The fourth-order valence-electron chi connectivity index (χ4n) is 4.88. The number of benzene rings is 2. The van der Waals surface area contributed by atoms with Crippen molar-refractivity contribution in [3.05, 3.63) is 60.7 Å². The predicted octanol–water partition coefficient (Wildman–Crippen LogP) is 4.18. The zero-order valence-corrected chi connectivity index (χ0v) is 21.9. The molecule has 1 fully saturated rings. The minimum absolute atomic E-state index is 0.0219. The van der Waals surface area contributed by atoms with Crippen LogP contribution in [-0.4, -0.2) is 55.8 Å². The molecule has 2 aromatic rings. The van der Waals surface area contributed by atoms with Gasteiger partial charge >= 0.3 is 6.09 Å². The molecule has 0 bridgehead atoms. The van der Waals surface area contributed by atoms with Crippen LogP contribution in [0.2, 0.25) is 5.04 Å². The molecule has 1 heterocycles. The van der Waals surface area contributed by atoms with Crippen molar-refractivity contribution in [1.29, 1.82) is 0 Å². The van der Waals surface area contributed by atoms with E-state index in [0.717, 1.165) is 6.42 Å². The Bertz CT molecular complexity index is 866. The van der Waals surface area contributed by atoms with Crippen molar-refractivity contribution >= 4 is 24.8 Å². The smallest absolute Gasteiger partial charge is 0.410 e. The third-order valence-corrected chi connectivity index (χ3v) is 11.4. The average molecular weight is 470 g/mol. The maximum Gasteiger partial charge on any atom is 0.410 e. The molecular weight excluding hydrogens is 430 g/mol. The Kier molecular flexibility index (Phi) is 7.71. The second-order valence-electron chi connectivity index (χ2n) is 10.9. The molecule has 0 unspecified atom stereocenters. The molecule has 0 spiro atoms. The molecule has 1 aliphatic heterocycles. The first kappa shape index (κ1) is 25.5. The van der Waals surface area contributed by atoms with Gasteiger partial charge in [0.2, 0.25) is 0 Å². The van der Waals surface area contributed by atoms with E-state index in [-0.39, 0.29) is 29.7 Å². The van der Waals surface area contributed by atoms with Gasteiger partial charge in [-0.3, -0.25) is 0 Å². The van der Waals surface area contributed by atoms with Gasteiger partial charge in [0.1, 0.15) is 5.60 Å². The zero-order valence-electron chi connectivity index (χ0n) is 20.9. The molecule has 1 amide bonds. The van der Waals surface area contributed by atoms with Crippen LogP contribution in [0.4, 0.5) is 4.79 Å². The van der Waals surface area contributed by atoms with E-state index in [1.54, 1.807) is 4.90 Å². The van der Waals surface area contributed by atoms with Crippen LogP contribution in [0, 0.1) is 5.92 Å². The van der Waals surface area contributed by atoms with Gasteiger partial charge in [-0.05, 0) is 42.6 Å². The van der Waals surface area contributed by atoms with Gasteiger partial charge < -0.3 is 19.2 Å². The molecule has 1 N–H and O–H groups in total. The van der Waals surface area contributed by atoms with Crippen LogP contribution in [0.25, 0.3) is 0 Å². The van der Waals surface area contributed by atoms with Gasteiger partial charge in [-0.25, -0.2) is 4.79 Å². The van der Waals surface area contributed by atoms with Gasteiger partial charge in [-0.2, -0.15) is 0 Å². The molecular formula is C27H39NO4Si. The Hall–Kier alpha value is -2.15. The number of ether oxygens (including phenoxy) is 1. The van der Waals surface area contributed by atoms with Crippen LogP contribution >= 0.6 is 0 Å². The summed E-state index contributed by atoms with van der Waals surface area (Å²) in [6.07, 6.45) is 0.402. The maximum atomic E-state index is 13.0. The molecule has 1 saturated heterocycles. The first-order valence-corrected chi connectivity index (χ1v) is 13.8. The molecule has 5 nitrogen and oxygen atoms in total. The topological polar surface area (TPSA) is 59.0 Å². The highest BCUT2D eigenvalue weighted by Crippen LogP contribution is 2.38. The van der Waals surface area contributed by atoms with E-state index in [1.165, 1.54) is 10.4 Å². The minimum atomic E-state index is -2.73. The normalized spacial score (nSPS) is 19.5. The van der Waals surface area contributed by atoms with E-state index in [0.29, 0.717) is 13.2 Å². The van der Waals surface area contributed by atoms with Gasteiger partial charge in [0.25, 0.3) is 8.32 Å². The highest BCUT2D eigenvalue weighted by Gasteiger charge is 2.51. The van der Waals surface area contributed by atoms with Gasteiger partial charge in [0.15, 0.2) is 0 Å². The molecule has 0 saturated carbocycles. The van der Waals surface area contributed by atoms with Crippen LogP contribution in [-0.2, 0) is 9.16 Å². The van der Waals surface area contributed by atoms with Crippen LogP contribution in [0.1, 0.15) is 48.0 Å². The van der Waals surface area contributed by atoms with Crippen molar-refractivity contribution in [1.82, 2.24) is 4.90 Å². The fourth-order valence-corrected chi connectivity index (χ4v) is 9.45. The number of carbonyl (C=O) groups excluding carboxylic acids is 1. The first-order chi connectivity index (χ1) is 15.5. The number of likely N-dealkylation sites (tertiary alicyclic amines) is 1. The lowest BCUT2D eigenvalue weighted by atomic mass is 10.0. The Morgan fingerprint density at radius 3 is 1.91 bits per heavy atom. The van der Waals surface area contributed by atoms with E-state index in [9.17, 15) is 9.90 Å². The van der Waals surface area contributed by atoms with E-state index >= 15 is 0 Å². The van der Waals surface area contributed by atoms with E-state index < -0.39 is 13.9 Å². The number of hydrogen-bond donors (Lipinski definition) is 1. The molecule has 1 aliphatic rings. The maximum absolute atomic E-state index is 13.0. The van der Waals surface area contributed by atoms with Crippen molar-refractivity contribution < 1.29 is 19.1 Å². The van der Waals surface area contributed by atoms with Crippen LogP contribution in [0.3, 0.4) is 0 Å². The van der Waals surface area contributed by atoms with Crippen LogP contribution in [0.15, 0.2) is 60.7 Å². The summed E-state index contributed by atoms with van der Waals surface area (Å²) in [5, 5.41) is 12.3. The zero-order chi connectivity index (χ0) is 24.3. The Labute approximate surface area is 199 Å². The van der Waals surface area contributed by atoms with E-state index in [2.05, 4.69) is 69.3 Å². The number of hydrogen-bond acceptors (Lipinski definition) is 4. The highest BCUT2D eigenvalue weighted by atomic mass is 28.4. The van der Waals surface area contributed by atoms with Gasteiger partial charge in [-0.15, -0.1) is 0 Å². The lowest BCUT2D eigenvalue weighted by molar-refractivity contribution is 0.0136. The lowest BCUT2D eigenvalue weighted by Gasteiger charge is -2.44. The summed E-state index contributed by atoms with van der Waals surface area (Å²) in [5.41, 5.74) is -0.572.